The summed E-state index contributed by atoms with van der Waals surface area (Å²) >= 11 is 3.52. The molecule has 0 aliphatic carbocycles. The summed E-state index contributed by atoms with van der Waals surface area (Å²) in [7, 11) is 2.11. The van der Waals surface area contributed by atoms with Gasteiger partial charge in [-0.25, -0.2) is 4.39 Å². The SMILES string of the molecule is CN1CCSC1[C@H]1CSC(c2cccc(F)c2O)=N1. The molecule has 2 aliphatic rings. The van der Waals surface area contributed by atoms with Crippen LogP contribution in [0.5, 0.6) is 5.75 Å². The maximum atomic E-state index is 13.4. The second-order valence-electron chi connectivity index (χ2n) is 4.69. The van der Waals surface area contributed by atoms with Gasteiger partial charge in [0.15, 0.2) is 11.6 Å². The van der Waals surface area contributed by atoms with Crippen LogP contribution in [0.15, 0.2) is 23.2 Å². The Morgan fingerprint density at radius 3 is 3.05 bits per heavy atom. The van der Waals surface area contributed by atoms with Gasteiger partial charge in [-0.1, -0.05) is 6.07 Å². The van der Waals surface area contributed by atoms with Gasteiger partial charge in [0.05, 0.1) is 17.0 Å². The van der Waals surface area contributed by atoms with Gasteiger partial charge in [-0.3, -0.25) is 9.89 Å². The third kappa shape index (κ3) is 2.49. The predicted molar refractivity (Wildman–Crippen MR) is 79.7 cm³/mol. The molecule has 2 aliphatic heterocycles. The fraction of sp³-hybridized carbons (Fsp3) is 0.462. The molecule has 6 heteroatoms. The Morgan fingerprint density at radius 1 is 1.47 bits per heavy atom. The van der Waals surface area contributed by atoms with Crippen molar-refractivity contribution < 1.29 is 9.50 Å². The first-order valence-electron chi connectivity index (χ1n) is 6.17. The second-order valence-corrected chi connectivity index (χ2v) is 6.92. The first-order valence-corrected chi connectivity index (χ1v) is 8.20. The van der Waals surface area contributed by atoms with Gasteiger partial charge in [0.2, 0.25) is 0 Å². The van der Waals surface area contributed by atoms with Gasteiger partial charge in [0, 0.05) is 18.1 Å². The van der Waals surface area contributed by atoms with Crippen LogP contribution in [0.3, 0.4) is 0 Å². The molecule has 0 aromatic heterocycles. The molecule has 0 spiro atoms. The number of hydrogen-bond donors (Lipinski definition) is 1. The Bertz CT molecular complexity index is 523. The number of halogens is 1. The largest absolute Gasteiger partial charge is 0.504 e. The average Bonchev–Trinajstić information content (AvgIpc) is 3.01. The summed E-state index contributed by atoms with van der Waals surface area (Å²) in [6, 6.07) is 4.81. The minimum Gasteiger partial charge on any atom is -0.504 e. The predicted octanol–water partition coefficient (Wildman–Crippen LogP) is 2.40. The molecule has 1 aromatic rings. The molecule has 0 radical (unpaired) electrons. The van der Waals surface area contributed by atoms with E-state index in [0.29, 0.717) is 10.9 Å². The van der Waals surface area contributed by atoms with Gasteiger partial charge in [-0.05, 0) is 19.2 Å². The Morgan fingerprint density at radius 2 is 2.32 bits per heavy atom. The molecule has 3 rings (SSSR count). The van der Waals surface area contributed by atoms with E-state index in [9.17, 15) is 9.50 Å². The third-order valence-electron chi connectivity index (χ3n) is 3.39. The van der Waals surface area contributed by atoms with E-state index in [2.05, 4.69) is 16.9 Å². The zero-order valence-electron chi connectivity index (χ0n) is 10.5. The van der Waals surface area contributed by atoms with Crippen LogP contribution < -0.4 is 0 Å². The number of rotatable bonds is 2. The first kappa shape index (κ1) is 13.3. The highest BCUT2D eigenvalue weighted by Crippen LogP contribution is 2.35. The normalized spacial score (nSPS) is 27.8. The van der Waals surface area contributed by atoms with Crippen LogP contribution in [0.2, 0.25) is 0 Å². The number of aliphatic imine (C=N–C) groups is 1. The van der Waals surface area contributed by atoms with E-state index in [0.717, 1.165) is 23.1 Å². The van der Waals surface area contributed by atoms with E-state index >= 15 is 0 Å². The Balaban J connectivity index is 1.85. The van der Waals surface area contributed by atoms with E-state index < -0.39 is 5.82 Å². The van der Waals surface area contributed by atoms with Gasteiger partial charge >= 0.3 is 0 Å². The topological polar surface area (TPSA) is 35.8 Å². The molecule has 2 heterocycles. The van der Waals surface area contributed by atoms with Crippen LogP contribution in [0, 0.1) is 5.82 Å². The van der Waals surface area contributed by atoms with Crippen LogP contribution in [0.25, 0.3) is 0 Å². The second kappa shape index (κ2) is 5.34. The summed E-state index contributed by atoms with van der Waals surface area (Å²) in [5, 5.41) is 10.9. The lowest BCUT2D eigenvalue weighted by atomic mass is 10.2. The zero-order chi connectivity index (χ0) is 13.4. The minimum absolute atomic E-state index is 0.222. The van der Waals surface area contributed by atoms with Crippen molar-refractivity contribution in [3.8, 4) is 5.75 Å². The number of hydrogen-bond acceptors (Lipinski definition) is 5. The Labute approximate surface area is 120 Å². The van der Waals surface area contributed by atoms with E-state index in [-0.39, 0.29) is 11.8 Å². The number of phenols is 1. The zero-order valence-corrected chi connectivity index (χ0v) is 12.2. The molecule has 1 unspecified atom stereocenters. The molecule has 0 saturated carbocycles. The molecular formula is C13H15FN2OS2. The highest BCUT2D eigenvalue weighted by Gasteiger charge is 2.34. The molecule has 0 bridgehead atoms. The van der Waals surface area contributed by atoms with Crippen LogP contribution >= 0.6 is 23.5 Å². The first-order chi connectivity index (χ1) is 9.16. The summed E-state index contributed by atoms with van der Waals surface area (Å²) in [5.41, 5.74) is 0.512. The lowest BCUT2D eigenvalue weighted by molar-refractivity contribution is 0.328. The van der Waals surface area contributed by atoms with Crippen molar-refractivity contribution in [2.24, 2.45) is 4.99 Å². The van der Waals surface area contributed by atoms with Crippen molar-refractivity contribution in [1.29, 1.82) is 0 Å². The number of nitrogens with zero attached hydrogens (tertiary/aromatic N) is 2. The number of phenolic OH excluding ortho intramolecular Hbond substituents is 1. The fourth-order valence-electron chi connectivity index (χ4n) is 2.35. The maximum Gasteiger partial charge on any atom is 0.165 e. The highest BCUT2D eigenvalue weighted by atomic mass is 32.2. The molecule has 1 aromatic carbocycles. The smallest absolute Gasteiger partial charge is 0.165 e. The number of para-hydroxylation sites is 1. The van der Waals surface area contributed by atoms with E-state index in [1.54, 1.807) is 23.9 Å². The van der Waals surface area contributed by atoms with Gasteiger partial charge < -0.3 is 5.11 Å². The third-order valence-corrected chi connectivity index (χ3v) is 5.93. The van der Waals surface area contributed by atoms with Crippen LogP contribution in [-0.2, 0) is 0 Å². The summed E-state index contributed by atoms with van der Waals surface area (Å²) in [4.78, 5) is 7.00. The van der Waals surface area contributed by atoms with Crippen molar-refractivity contribution in [1.82, 2.24) is 4.90 Å². The van der Waals surface area contributed by atoms with E-state index in [1.165, 1.54) is 6.07 Å². The van der Waals surface area contributed by atoms with E-state index in [1.807, 2.05) is 11.8 Å². The molecule has 0 amide bonds. The van der Waals surface area contributed by atoms with Crippen LogP contribution in [0.4, 0.5) is 4.39 Å². The van der Waals surface area contributed by atoms with Gasteiger partial charge in [-0.2, -0.15) is 0 Å². The van der Waals surface area contributed by atoms with Crippen LogP contribution in [0.1, 0.15) is 5.56 Å². The molecule has 102 valence electrons. The van der Waals surface area contributed by atoms with E-state index in [4.69, 9.17) is 0 Å². The lowest BCUT2D eigenvalue weighted by Gasteiger charge is -2.21. The van der Waals surface area contributed by atoms with Gasteiger partial charge in [-0.15, -0.1) is 23.5 Å². The lowest BCUT2D eigenvalue weighted by Crippen LogP contribution is -2.33. The van der Waals surface area contributed by atoms with Gasteiger partial charge in [0.25, 0.3) is 0 Å². The minimum atomic E-state index is -0.586. The fourth-order valence-corrected chi connectivity index (χ4v) is 4.96. The van der Waals surface area contributed by atoms with Crippen LogP contribution in [-0.4, -0.2) is 51.6 Å². The molecule has 2 atom stereocenters. The Kier molecular flexibility index (Phi) is 3.73. The monoisotopic (exact) mass is 298 g/mol. The summed E-state index contributed by atoms with van der Waals surface area (Å²) in [6.45, 7) is 1.09. The summed E-state index contributed by atoms with van der Waals surface area (Å²) in [6.07, 6.45) is 0. The molecule has 1 saturated heterocycles. The van der Waals surface area contributed by atoms with Crippen molar-refractivity contribution in [3.05, 3.63) is 29.6 Å². The summed E-state index contributed by atoms with van der Waals surface area (Å²) in [5.74, 6) is 1.16. The standard InChI is InChI=1S/C13H15FN2OS2/c1-16-5-6-18-13(16)10-7-19-12(15-10)8-3-2-4-9(14)11(8)17/h2-4,10,13,17H,5-7H2,1H3/t10-,13?/m1/s1. The van der Waals surface area contributed by atoms with Crippen molar-refractivity contribution in [2.75, 3.05) is 25.1 Å². The molecule has 1 N–H and O–H groups in total. The molecule has 1 fully saturated rings. The van der Waals surface area contributed by atoms with Crippen molar-refractivity contribution >= 4 is 28.6 Å². The quantitative estimate of drug-likeness (QED) is 0.909. The highest BCUT2D eigenvalue weighted by molar-refractivity contribution is 8.14. The van der Waals surface area contributed by atoms with Gasteiger partial charge in [0.1, 0.15) is 5.04 Å². The molecular weight excluding hydrogens is 283 g/mol. The average molecular weight is 298 g/mol. The number of aromatic hydroxyl groups is 1. The number of likely N-dealkylation sites (N-methyl/N-ethyl adjacent to an activating group) is 1. The summed E-state index contributed by atoms with van der Waals surface area (Å²) < 4.78 is 13.4. The number of benzene rings is 1. The van der Waals surface area contributed by atoms with Crippen molar-refractivity contribution in [3.63, 3.8) is 0 Å². The molecule has 19 heavy (non-hydrogen) atoms. The molecule has 3 nitrogen and oxygen atoms in total. The van der Waals surface area contributed by atoms with Crippen molar-refractivity contribution in [2.45, 2.75) is 11.4 Å². The maximum absolute atomic E-state index is 13.4. The number of thioether (sulfide) groups is 2. The Hall–Kier alpha value is -0.720.